The molecule has 0 fully saturated rings. The first-order valence-corrected chi connectivity index (χ1v) is 6.58. The molecular weight excluding hydrogens is 254 g/mol. The number of nitrogens with zero attached hydrogens (tertiary/aromatic N) is 3. The third-order valence-electron chi connectivity index (χ3n) is 3.24. The van der Waals surface area contributed by atoms with E-state index in [0.29, 0.717) is 23.6 Å². The van der Waals surface area contributed by atoms with E-state index in [1.807, 2.05) is 26.0 Å². The minimum atomic E-state index is -0.214. The van der Waals surface area contributed by atoms with Gasteiger partial charge < -0.3 is 11.1 Å². The number of anilines is 1. The summed E-state index contributed by atoms with van der Waals surface area (Å²) in [5.74, 6) is -0.214. The molecule has 1 unspecified atom stereocenters. The second-order valence-corrected chi connectivity index (χ2v) is 4.64. The Balaban J connectivity index is 2.21. The number of aromatic nitrogens is 3. The summed E-state index contributed by atoms with van der Waals surface area (Å²) < 4.78 is 1.62. The van der Waals surface area contributed by atoms with Crippen LogP contribution in [0.3, 0.4) is 0 Å². The Kier molecular flexibility index (Phi) is 4.02. The Labute approximate surface area is 118 Å². The van der Waals surface area contributed by atoms with Crippen molar-refractivity contribution in [3.05, 3.63) is 41.5 Å². The van der Waals surface area contributed by atoms with Crippen LogP contribution in [0.5, 0.6) is 0 Å². The van der Waals surface area contributed by atoms with Gasteiger partial charge in [0.25, 0.3) is 5.91 Å². The molecule has 0 spiro atoms. The molecule has 6 heteroatoms. The number of nitrogens with one attached hydrogen (secondary N) is 1. The number of nitrogen functional groups attached to an aromatic ring is 1. The van der Waals surface area contributed by atoms with E-state index in [9.17, 15) is 4.79 Å². The molecule has 0 saturated carbocycles. The first-order valence-electron chi connectivity index (χ1n) is 6.58. The average molecular weight is 273 g/mol. The third-order valence-corrected chi connectivity index (χ3v) is 3.24. The first kappa shape index (κ1) is 14.0. The maximum atomic E-state index is 12.4. The number of hydrogen-bond acceptors (Lipinski definition) is 4. The zero-order valence-electron chi connectivity index (χ0n) is 11.9. The highest BCUT2D eigenvalue weighted by molar-refractivity contribution is 5.98. The summed E-state index contributed by atoms with van der Waals surface area (Å²) in [6, 6.07) is 3.62. The zero-order chi connectivity index (χ0) is 14.7. The van der Waals surface area contributed by atoms with Crippen LogP contribution in [-0.4, -0.2) is 20.7 Å². The number of aryl methyl sites for hydroxylation is 2. The smallest absolute Gasteiger partial charge is 0.272 e. The van der Waals surface area contributed by atoms with Crippen molar-refractivity contribution in [2.24, 2.45) is 0 Å². The number of amides is 1. The van der Waals surface area contributed by atoms with Crippen molar-refractivity contribution in [1.82, 2.24) is 20.1 Å². The van der Waals surface area contributed by atoms with Crippen LogP contribution in [0.2, 0.25) is 0 Å². The number of carbonyl (C=O) groups is 1. The van der Waals surface area contributed by atoms with Crippen molar-refractivity contribution >= 4 is 11.6 Å². The number of nitrogens with two attached hydrogens (primary N) is 1. The lowest BCUT2D eigenvalue weighted by Gasteiger charge is -2.14. The fourth-order valence-electron chi connectivity index (χ4n) is 2.06. The summed E-state index contributed by atoms with van der Waals surface area (Å²) in [6.45, 7) is 6.24. The van der Waals surface area contributed by atoms with Crippen molar-refractivity contribution in [2.45, 2.75) is 33.4 Å². The van der Waals surface area contributed by atoms with Crippen molar-refractivity contribution < 1.29 is 4.79 Å². The van der Waals surface area contributed by atoms with E-state index in [1.54, 1.807) is 24.0 Å². The Morgan fingerprint density at radius 3 is 2.70 bits per heavy atom. The summed E-state index contributed by atoms with van der Waals surface area (Å²) in [6.07, 6.45) is 3.40. The van der Waals surface area contributed by atoms with E-state index in [1.165, 1.54) is 0 Å². The molecule has 6 nitrogen and oxygen atoms in total. The predicted molar refractivity (Wildman–Crippen MR) is 77.2 cm³/mol. The number of rotatable bonds is 4. The van der Waals surface area contributed by atoms with Gasteiger partial charge in [0, 0.05) is 18.9 Å². The van der Waals surface area contributed by atoms with E-state index in [2.05, 4.69) is 15.4 Å². The highest BCUT2D eigenvalue weighted by atomic mass is 16.2. The van der Waals surface area contributed by atoms with Crippen LogP contribution < -0.4 is 11.1 Å². The van der Waals surface area contributed by atoms with Crippen molar-refractivity contribution in [3.63, 3.8) is 0 Å². The highest BCUT2D eigenvalue weighted by Gasteiger charge is 2.20. The van der Waals surface area contributed by atoms with Crippen LogP contribution in [0.25, 0.3) is 0 Å². The van der Waals surface area contributed by atoms with Gasteiger partial charge in [0.15, 0.2) is 0 Å². The van der Waals surface area contributed by atoms with Crippen LogP contribution >= 0.6 is 0 Å². The minimum Gasteiger partial charge on any atom is -0.395 e. The molecule has 0 saturated heterocycles. The van der Waals surface area contributed by atoms with E-state index in [-0.39, 0.29) is 11.9 Å². The Bertz CT molecular complexity index is 606. The monoisotopic (exact) mass is 273 g/mol. The summed E-state index contributed by atoms with van der Waals surface area (Å²) in [7, 11) is 0. The number of pyridine rings is 1. The third kappa shape index (κ3) is 2.64. The van der Waals surface area contributed by atoms with Gasteiger partial charge in [-0.05, 0) is 38.5 Å². The molecule has 0 aliphatic rings. The molecule has 0 aliphatic heterocycles. The van der Waals surface area contributed by atoms with E-state index in [4.69, 9.17) is 5.73 Å². The summed E-state index contributed by atoms with van der Waals surface area (Å²) >= 11 is 0. The molecule has 0 aliphatic carbocycles. The minimum absolute atomic E-state index is 0.120. The molecule has 2 aromatic heterocycles. The molecule has 3 N–H and O–H groups in total. The van der Waals surface area contributed by atoms with Crippen LogP contribution in [0.4, 0.5) is 5.69 Å². The Morgan fingerprint density at radius 1 is 1.45 bits per heavy atom. The van der Waals surface area contributed by atoms with Crippen LogP contribution in [0.15, 0.2) is 24.5 Å². The van der Waals surface area contributed by atoms with Gasteiger partial charge >= 0.3 is 0 Å². The van der Waals surface area contributed by atoms with Gasteiger partial charge in [0.05, 0.1) is 17.4 Å². The van der Waals surface area contributed by atoms with Crippen molar-refractivity contribution in [3.8, 4) is 0 Å². The van der Waals surface area contributed by atoms with E-state index in [0.717, 1.165) is 5.56 Å². The maximum absolute atomic E-state index is 12.4. The predicted octanol–water partition coefficient (Wildman–Crippen LogP) is 1.68. The number of hydrogen-bond donors (Lipinski definition) is 2. The van der Waals surface area contributed by atoms with Gasteiger partial charge in [-0.3, -0.25) is 14.5 Å². The molecule has 1 atom stereocenters. The normalized spacial score (nSPS) is 12.2. The summed E-state index contributed by atoms with van der Waals surface area (Å²) in [5, 5.41) is 7.18. The van der Waals surface area contributed by atoms with Gasteiger partial charge in [-0.2, -0.15) is 5.10 Å². The summed E-state index contributed by atoms with van der Waals surface area (Å²) in [5.41, 5.74) is 8.47. The standard InChI is InChI=1S/C14H19N5O/c1-4-19-13(12(15)10(3)18-19)14(20)17-9(2)11-5-7-16-8-6-11/h5-9H,4,15H2,1-3H3,(H,17,20). The van der Waals surface area contributed by atoms with E-state index < -0.39 is 0 Å². The summed E-state index contributed by atoms with van der Waals surface area (Å²) in [4.78, 5) is 16.3. The molecular formula is C14H19N5O. The maximum Gasteiger partial charge on any atom is 0.272 e. The largest absolute Gasteiger partial charge is 0.395 e. The SMILES string of the molecule is CCn1nc(C)c(N)c1C(=O)NC(C)c1ccncc1. The zero-order valence-corrected chi connectivity index (χ0v) is 11.9. The van der Waals surface area contributed by atoms with Gasteiger partial charge in [0.1, 0.15) is 5.69 Å². The molecule has 20 heavy (non-hydrogen) atoms. The Hall–Kier alpha value is -2.37. The Morgan fingerprint density at radius 2 is 2.10 bits per heavy atom. The van der Waals surface area contributed by atoms with E-state index >= 15 is 0 Å². The second-order valence-electron chi connectivity index (χ2n) is 4.64. The van der Waals surface area contributed by atoms with Crippen LogP contribution in [0.1, 0.15) is 41.6 Å². The average Bonchev–Trinajstić information content (AvgIpc) is 2.75. The first-order chi connectivity index (χ1) is 9.54. The molecule has 2 heterocycles. The quantitative estimate of drug-likeness (QED) is 0.887. The van der Waals surface area contributed by atoms with Gasteiger partial charge in [-0.1, -0.05) is 0 Å². The fourth-order valence-corrected chi connectivity index (χ4v) is 2.06. The van der Waals surface area contributed by atoms with Crippen molar-refractivity contribution in [2.75, 3.05) is 5.73 Å². The second kappa shape index (κ2) is 5.73. The lowest BCUT2D eigenvalue weighted by atomic mass is 10.1. The molecule has 0 radical (unpaired) electrons. The molecule has 2 aromatic rings. The van der Waals surface area contributed by atoms with Gasteiger partial charge in [-0.15, -0.1) is 0 Å². The molecule has 1 amide bonds. The van der Waals surface area contributed by atoms with Gasteiger partial charge in [0.2, 0.25) is 0 Å². The molecule has 0 aromatic carbocycles. The molecule has 2 rings (SSSR count). The lowest BCUT2D eigenvalue weighted by molar-refractivity contribution is 0.0930. The van der Waals surface area contributed by atoms with Crippen LogP contribution in [0, 0.1) is 6.92 Å². The number of carbonyl (C=O) groups excluding carboxylic acids is 1. The van der Waals surface area contributed by atoms with Crippen LogP contribution in [-0.2, 0) is 6.54 Å². The molecule has 0 bridgehead atoms. The van der Waals surface area contributed by atoms with Crippen molar-refractivity contribution in [1.29, 1.82) is 0 Å². The van der Waals surface area contributed by atoms with Gasteiger partial charge in [-0.25, -0.2) is 0 Å². The lowest BCUT2D eigenvalue weighted by Crippen LogP contribution is -2.29. The molecule has 106 valence electrons. The fraction of sp³-hybridized carbons (Fsp3) is 0.357. The topological polar surface area (TPSA) is 85.8 Å². The highest BCUT2D eigenvalue weighted by Crippen LogP contribution is 2.18.